The predicted molar refractivity (Wildman–Crippen MR) is 152 cm³/mol. The van der Waals surface area contributed by atoms with E-state index in [0.717, 1.165) is 17.0 Å². The number of rotatable bonds is 11. The van der Waals surface area contributed by atoms with Crippen molar-refractivity contribution in [3.8, 4) is 5.75 Å². The molecule has 1 saturated heterocycles. The van der Waals surface area contributed by atoms with Gasteiger partial charge in [-0.15, -0.1) is 0 Å². The van der Waals surface area contributed by atoms with Gasteiger partial charge in [0.15, 0.2) is 0 Å². The lowest BCUT2D eigenvalue weighted by atomic mass is 10.0. The highest BCUT2D eigenvalue weighted by molar-refractivity contribution is 6.21. The second kappa shape index (κ2) is 12.4. The lowest BCUT2D eigenvalue weighted by molar-refractivity contribution is -0.138. The van der Waals surface area contributed by atoms with Gasteiger partial charge in [-0.1, -0.05) is 30.3 Å². The Morgan fingerprint density at radius 3 is 2.20 bits per heavy atom. The van der Waals surface area contributed by atoms with Gasteiger partial charge in [-0.05, 0) is 59.5 Å². The van der Waals surface area contributed by atoms with Gasteiger partial charge in [-0.25, -0.2) is 4.79 Å². The molecule has 9 nitrogen and oxygen atoms in total. The molecule has 2 aliphatic rings. The predicted octanol–water partition coefficient (Wildman–Crippen LogP) is 5.22. The largest absolute Gasteiger partial charge is 0.494 e. The number of carbonyl (C=O) groups is 4. The number of benzene rings is 3. The van der Waals surface area contributed by atoms with E-state index in [0.29, 0.717) is 46.5 Å². The molecule has 0 bridgehead atoms. The molecular formula is C32H30F3N3O6. The van der Waals surface area contributed by atoms with Crippen LogP contribution in [0.2, 0.25) is 0 Å². The van der Waals surface area contributed by atoms with Crippen LogP contribution < -0.4 is 4.74 Å². The molecule has 1 fully saturated rings. The number of halogens is 3. The summed E-state index contributed by atoms with van der Waals surface area (Å²) < 4.78 is 44.6. The maximum Gasteiger partial charge on any atom is 0.416 e. The average Bonchev–Trinajstić information content (AvgIpc) is 3.39. The second-order valence-corrected chi connectivity index (χ2v) is 10.8. The van der Waals surface area contributed by atoms with Crippen molar-refractivity contribution in [1.82, 2.24) is 14.7 Å². The first-order chi connectivity index (χ1) is 20.9. The van der Waals surface area contributed by atoms with Crippen molar-refractivity contribution in [3.63, 3.8) is 0 Å². The van der Waals surface area contributed by atoms with Crippen molar-refractivity contribution in [1.29, 1.82) is 0 Å². The zero-order valence-electron chi connectivity index (χ0n) is 23.8. The molecule has 12 heteroatoms. The molecule has 0 spiro atoms. The lowest BCUT2D eigenvalue weighted by Crippen LogP contribution is -2.31. The Morgan fingerprint density at radius 2 is 1.59 bits per heavy atom. The number of urea groups is 1. The van der Waals surface area contributed by atoms with E-state index in [4.69, 9.17) is 4.74 Å². The molecule has 230 valence electrons. The Labute approximate surface area is 251 Å². The van der Waals surface area contributed by atoms with Crippen LogP contribution in [0.3, 0.4) is 0 Å². The van der Waals surface area contributed by atoms with Gasteiger partial charge in [-0.2, -0.15) is 13.2 Å². The number of alkyl halides is 3. The Balaban J connectivity index is 1.22. The molecule has 5 rings (SSSR count). The van der Waals surface area contributed by atoms with E-state index >= 15 is 0 Å². The molecular weight excluding hydrogens is 579 g/mol. The maximum atomic E-state index is 12.9. The van der Waals surface area contributed by atoms with Gasteiger partial charge in [0.1, 0.15) is 5.75 Å². The van der Waals surface area contributed by atoms with Crippen LogP contribution in [-0.4, -0.2) is 69.9 Å². The van der Waals surface area contributed by atoms with Gasteiger partial charge < -0.3 is 19.6 Å². The highest BCUT2D eigenvalue weighted by Gasteiger charge is 2.36. The highest BCUT2D eigenvalue weighted by atomic mass is 19.4. The van der Waals surface area contributed by atoms with Crippen LogP contribution in [-0.2, 0) is 30.5 Å². The van der Waals surface area contributed by atoms with Crippen molar-refractivity contribution in [2.24, 2.45) is 0 Å². The minimum absolute atomic E-state index is 0.0444. The number of nitrogens with zero attached hydrogens (tertiary/aromatic N) is 3. The van der Waals surface area contributed by atoms with Gasteiger partial charge in [0, 0.05) is 33.0 Å². The number of ether oxygens (including phenoxy) is 1. The fourth-order valence-electron chi connectivity index (χ4n) is 5.46. The van der Waals surface area contributed by atoms with Gasteiger partial charge in [0.05, 0.1) is 35.9 Å². The Morgan fingerprint density at radius 1 is 0.932 bits per heavy atom. The molecule has 44 heavy (non-hydrogen) atoms. The summed E-state index contributed by atoms with van der Waals surface area (Å²) in [6.45, 7) is 0.741. The number of carboxylic acids is 1. The average molecular weight is 610 g/mol. The Hall–Kier alpha value is -4.87. The van der Waals surface area contributed by atoms with Crippen molar-refractivity contribution in [2.75, 3.05) is 20.2 Å². The van der Waals surface area contributed by atoms with Crippen LogP contribution in [0, 0.1) is 0 Å². The molecule has 0 aliphatic carbocycles. The normalized spacial score (nSPS) is 16.6. The summed E-state index contributed by atoms with van der Waals surface area (Å²) in [7, 11) is 1.66. The first-order valence-electron chi connectivity index (χ1n) is 14.0. The topological polar surface area (TPSA) is 107 Å². The fraction of sp³-hybridized carbons (Fsp3) is 0.312. The summed E-state index contributed by atoms with van der Waals surface area (Å²) in [6, 6.07) is 16.0. The molecule has 3 aromatic carbocycles. The first-order valence-corrected chi connectivity index (χ1v) is 14.0. The minimum Gasteiger partial charge on any atom is -0.494 e. The van der Waals surface area contributed by atoms with Crippen molar-refractivity contribution in [2.45, 2.75) is 44.6 Å². The standard InChI is InChI=1S/C32H30F3N3O6/c1-36-24(19-37(31(36)43)17-20-6-10-23(11-7-20)32(33,34)35)14-15-44-25-12-8-21(9-13-28(39)40)22(16-25)18-38-29(41)26-4-2-3-5-27(26)30(38)42/h2-8,10-12,16,24H,9,13-15,17-19H2,1H3,(H,39,40). The third-order valence-corrected chi connectivity index (χ3v) is 7.92. The minimum atomic E-state index is -4.43. The number of likely N-dealkylation sites (N-methyl/N-ethyl adjacent to an activating group) is 1. The Bertz CT molecular complexity index is 1560. The quantitative estimate of drug-likeness (QED) is 0.299. The molecule has 1 atom stereocenters. The number of hydrogen-bond donors (Lipinski definition) is 1. The summed E-state index contributed by atoms with van der Waals surface area (Å²) >= 11 is 0. The van der Waals surface area contributed by atoms with E-state index in [1.807, 2.05) is 0 Å². The summed E-state index contributed by atoms with van der Waals surface area (Å²) in [6.07, 6.45) is -3.87. The van der Waals surface area contributed by atoms with Crippen LogP contribution in [0.1, 0.15) is 55.8 Å². The number of carboxylic acid groups (broad SMARTS) is 1. The molecule has 2 aliphatic heterocycles. The molecule has 1 N–H and O–H groups in total. The molecule has 4 amide bonds. The number of carbonyl (C=O) groups excluding carboxylic acids is 3. The van der Waals surface area contributed by atoms with E-state index in [1.165, 1.54) is 12.1 Å². The van der Waals surface area contributed by atoms with E-state index < -0.39 is 29.5 Å². The van der Waals surface area contributed by atoms with Gasteiger partial charge in [0.2, 0.25) is 0 Å². The molecule has 0 radical (unpaired) electrons. The number of aryl methyl sites for hydroxylation is 1. The summed E-state index contributed by atoms with van der Waals surface area (Å²) in [4.78, 5) is 54.2. The number of amides is 4. The van der Waals surface area contributed by atoms with E-state index in [1.54, 1.807) is 59.3 Å². The number of hydrogen-bond acceptors (Lipinski definition) is 5. The van der Waals surface area contributed by atoms with Crippen LogP contribution in [0.5, 0.6) is 5.75 Å². The third kappa shape index (κ3) is 6.53. The summed E-state index contributed by atoms with van der Waals surface area (Å²) in [5.41, 5.74) is 1.75. The first kappa shape index (κ1) is 30.6. The van der Waals surface area contributed by atoms with Crippen LogP contribution in [0.15, 0.2) is 66.7 Å². The van der Waals surface area contributed by atoms with Gasteiger partial charge in [0.25, 0.3) is 11.8 Å². The molecule has 1 unspecified atom stereocenters. The second-order valence-electron chi connectivity index (χ2n) is 10.8. The van der Waals surface area contributed by atoms with Gasteiger partial charge in [-0.3, -0.25) is 19.3 Å². The SMILES string of the molecule is CN1C(=O)N(Cc2ccc(C(F)(F)F)cc2)CC1CCOc1ccc(CCC(=O)O)c(CN2C(=O)c3ccccc3C2=O)c1. The lowest BCUT2D eigenvalue weighted by Gasteiger charge is -2.19. The maximum absolute atomic E-state index is 12.9. The Kier molecular flexibility index (Phi) is 8.61. The zero-order valence-corrected chi connectivity index (χ0v) is 23.8. The van der Waals surface area contributed by atoms with E-state index in [2.05, 4.69) is 0 Å². The summed E-state index contributed by atoms with van der Waals surface area (Å²) in [5.74, 6) is -1.35. The van der Waals surface area contributed by atoms with Crippen molar-refractivity contribution in [3.05, 3.63) is 100 Å². The molecule has 3 aromatic rings. The fourth-order valence-corrected chi connectivity index (χ4v) is 5.46. The van der Waals surface area contributed by atoms with Crippen LogP contribution in [0.25, 0.3) is 0 Å². The number of fused-ring (bicyclic) bond motifs is 1. The van der Waals surface area contributed by atoms with Crippen molar-refractivity contribution < 1.29 is 42.2 Å². The van der Waals surface area contributed by atoms with Crippen LogP contribution in [0.4, 0.5) is 18.0 Å². The van der Waals surface area contributed by atoms with Gasteiger partial charge >= 0.3 is 18.2 Å². The van der Waals surface area contributed by atoms with E-state index in [9.17, 15) is 37.5 Å². The molecule has 2 heterocycles. The van der Waals surface area contributed by atoms with E-state index in [-0.39, 0.29) is 44.6 Å². The zero-order chi connectivity index (χ0) is 31.6. The summed E-state index contributed by atoms with van der Waals surface area (Å²) in [5, 5.41) is 9.19. The molecule has 0 aromatic heterocycles. The molecule has 0 saturated carbocycles. The monoisotopic (exact) mass is 609 g/mol. The number of imide groups is 1. The van der Waals surface area contributed by atoms with Crippen LogP contribution >= 0.6 is 0 Å². The smallest absolute Gasteiger partial charge is 0.416 e. The third-order valence-electron chi connectivity index (χ3n) is 7.92. The highest BCUT2D eigenvalue weighted by Crippen LogP contribution is 2.30. The van der Waals surface area contributed by atoms with Crippen molar-refractivity contribution >= 4 is 23.8 Å². The number of aliphatic carboxylic acids is 1.